The monoisotopic (exact) mass is 275 g/mol. The van der Waals surface area contributed by atoms with Crippen LogP contribution in [-0.2, 0) is 11.2 Å². The van der Waals surface area contributed by atoms with Crippen LogP contribution in [0.15, 0.2) is 64.4 Å². The van der Waals surface area contributed by atoms with E-state index in [9.17, 15) is 4.79 Å². The van der Waals surface area contributed by atoms with Gasteiger partial charge in [-0.15, -0.1) is 0 Å². The third-order valence-corrected chi connectivity index (χ3v) is 4.80. The zero-order chi connectivity index (χ0) is 12.8. The lowest BCUT2D eigenvalue weighted by Crippen LogP contribution is -2.13. The molecule has 0 unspecified atom stereocenters. The van der Waals surface area contributed by atoms with Gasteiger partial charge in [0.2, 0.25) is 5.91 Å². The zero-order valence-electron chi connectivity index (χ0n) is 9.71. The predicted octanol–water partition coefficient (Wildman–Crippen LogP) is 3.51. The Morgan fingerprint density at radius 1 is 0.944 bits per heavy atom. The highest BCUT2D eigenvalue weighted by atomic mass is 33.1. The molecular weight excluding hydrogens is 262 g/mol. The minimum Gasteiger partial charge on any atom is -0.369 e. The van der Waals surface area contributed by atoms with Gasteiger partial charge in [0.25, 0.3) is 0 Å². The Labute approximate surface area is 114 Å². The van der Waals surface area contributed by atoms with Crippen molar-refractivity contribution in [1.82, 2.24) is 0 Å². The number of carbonyl (C=O) groups excluding carboxylic acids is 1. The number of amides is 1. The first-order valence-corrected chi connectivity index (χ1v) is 7.66. The van der Waals surface area contributed by atoms with Crippen LogP contribution in [0, 0.1) is 0 Å². The predicted molar refractivity (Wildman–Crippen MR) is 77.5 cm³/mol. The van der Waals surface area contributed by atoms with Gasteiger partial charge in [-0.05, 0) is 23.8 Å². The smallest absolute Gasteiger partial charge is 0.221 e. The van der Waals surface area contributed by atoms with Crippen LogP contribution in [0.1, 0.15) is 5.56 Å². The summed E-state index contributed by atoms with van der Waals surface area (Å²) in [5, 5.41) is 0. The molecule has 2 nitrogen and oxygen atoms in total. The second-order valence-corrected chi connectivity index (χ2v) is 5.98. The highest BCUT2D eigenvalue weighted by molar-refractivity contribution is 8.76. The first kappa shape index (κ1) is 13.1. The lowest BCUT2D eigenvalue weighted by atomic mass is 10.1. The molecule has 4 heteroatoms. The van der Waals surface area contributed by atoms with Crippen LogP contribution in [0.4, 0.5) is 0 Å². The highest BCUT2D eigenvalue weighted by Gasteiger charge is 2.06. The Morgan fingerprint density at radius 3 is 2.33 bits per heavy atom. The quantitative estimate of drug-likeness (QED) is 0.849. The molecule has 0 fully saturated rings. The van der Waals surface area contributed by atoms with Gasteiger partial charge in [-0.3, -0.25) is 4.79 Å². The van der Waals surface area contributed by atoms with Crippen molar-refractivity contribution in [3.05, 3.63) is 60.2 Å². The molecule has 0 saturated heterocycles. The normalized spacial score (nSPS) is 10.2. The van der Waals surface area contributed by atoms with Gasteiger partial charge >= 0.3 is 0 Å². The van der Waals surface area contributed by atoms with Crippen molar-refractivity contribution in [2.75, 3.05) is 0 Å². The van der Waals surface area contributed by atoms with Crippen molar-refractivity contribution in [3.8, 4) is 0 Å². The Bertz CT molecular complexity index is 528. The lowest BCUT2D eigenvalue weighted by Gasteiger charge is -2.06. The van der Waals surface area contributed by atoms with Gasteiger partial charge in [0.1, 0.15) is 0 Å². The van der Waals surface area contributed by atoms with Gasteiger partial charge in [-0.25, -0.2) is 0 Å². The van der Waals surface area contributed by atoms with E-state index in [0.717, 1.165) is 10.5 Å². The maximum absolute atomic E-state index is 11.0. The number of primary amides is 1. The van der Waals surface area contributed by atoms with Crippen molar-refractivity contribution in [2.24, 2.45) is 5.73 Å². The summed E-state index contributed by atoms with van der Waals surface area (Å²) in [5.41, 5.74) is 6.23. The van der Waals surface area contributed by atoms with Crippen LogP contribution in [0.3, 0.4) is 0 Å². The van der Waals surface area contributed by atoms with Gasteiger partial charge in [0.15, 0.2) is 0 Å². The highest BCUT2D eigenvalue weighted by Crippen LogP contribution is 2.38. The minimum atomic E-state index is -0.298. The summed E-state index contributed by atoms with van der Waals surface area (Å²) < 4.78 is 0. The summed E-state index contributed by atoms with van der Waals surface area (Å²) in [6.45, 7) is 0. The fourth-order valence-corrected chi connectivity index (χ4v) is 3.70. The van der Waals surface area contributed by atoms with E-state index in [1.807, 2.05) is 42.5 Å². The van der Waals surface area contributed by atoms with Gasteiger partial charge in [-0.2, -0.15) is 0 Å². The van der Waals surface area contributed by atoms with Gasteiger partial charge in [-0.1, -0.05) is 58.0 Å². The molecule has 2 N–H and O–H groups in total. The van der Waals surface area contributed by atoms with Crippen molar-refractivity contribution in [1.29, 1.82) is 0 Å². The second-order valence-electron chi connectivity index (χ2n) is 3.73. The lowest BCUT2D eigenvalue weighted by molar-refractivity contribution is -0.117. The van der Waals surface area contributed by atoms with Gasteiger partial charge < -0.3 is 5.73 Å². The summed E-state index contributed by atoms with van der Waals surface area (Å²) in [6.07, 6.45) is 0.290. The van der Waals surface area contributed by atoms with Crippen LogP contribution in [0.2, 0.25) is 0 Å². The molecule has 2 rings (SSSR count). The van der Waals surface area contributed by atoms with Crippen LogP contribution >= 0.6 is 21.6 Å². The maximum Gasteiger partial charge on any atom is 0.221 e. The van der Waals surface area contributed by atoms with E-state index in [-0.39, 0.29) is 5.91 Å². The molecule has 0 atom stereocenters. The molecule has 0 aliphatic heterocycles. The molecule has 0 aliphatic carbocycles. The fourth-order valence-electron chi connectivity index (χ4n) is 1.49. The third kappa shape index (κ3) is 3.82. The molecule has 0 radical (unpaired) electrons. The average Bonchev–Trinajstić information content (AvgIpc) is 2.38. The topological polar surface area (TPSA) is 43.1 Å². The van der Waals surface area contributed by atoms with Gasteiger partial charge in [0, 0.05) is 9.79 Å². The van der Waals surface area contributed by atoms with Crippen LogP contribution in [0.5, 0.6) is 0 Å². The number of hydrogen-bond acceptors (Lipinski definition) is 3. The minimum absolute atomic E-state index is 0.290. The number of carbonyl (C=O) groups is 1. The van der Waals surface area contributed by atoms with Crippen molar-refractivity contribution >= 4 is 27.5 Å². The summed E-state index contributed by atoms with van der Waals surface area (Å²) in [5.74, 6) is -0.298. The molecule has 2 aromatic rings. The maximum atomic E-state index is 11.0. The summed E-state index contributed by atoms with van der Waals surface area (Å²) in [6, 6.07) is 18.0. The van der Waals surface area contributed by atoms with E-state index in [1.54, 1.807) is 21.6 Å². The van der Waals surface area contributed by atoms with E-state index < -0.39 is 0 Å². The number of benzene rings is 2. The van der Waals surface area contributed by atoms with E-state index in [2.05, 4.69) is 12.1 Å². The second kappa shape index (κ2) is 6.52. The van der Waals surface area contributed by atoms with Crippen LogP contribution in [-0.4, -0.2) is 5.91 Å². The Kier molecular flexibility index (Phi) is 4.73. The molecule has 0 aliphatic rings. The molecule has 0 spiro atoms. The molecule has 92 valence electrons. The van der Waals surface area contributed by atoms with Crippen molar-refractivity contribution < 1.29 is 4.79 Å². The summed E-state index contributed by atoms with van der Waals surface area (Å²) in [4.78, 5) is 13.3. The third-order valence-electron chi connectivity index (χ3n) is 2.31. The van der Waals surface area contributed by atoms with Crippen LogP contribution in [0.25, 0.3) is 0 Å². The number of hydrogen-bond donors (Lipinski definition) is 1. The van der Waals surface area contributed by atoms with E-state index in [0.29, 0.717) is 6.42 Å². The molecule has 0 saturated carbocycles. The zero-order valence-corrected chi connectivity index (χ0v) is 11.3. The number of rotatable bonds is 5. The Hall–Kier alpha value is -1.39. The molecule has 1 amide bonds. The molecule has 2 aromatic carbocycles. The van der Waals surface area contributed by atoms with E-state index >= 15 is 0 Å². The molecule has 0 aromatic heterocycles. The van der Waals surface area contributed by atoms with Gasteiger partial charge in [0.05, 0.1) is 6.42 Å². The Morgan fingerprint density at radius 2 is 1.61 bits per heavy atom. The van der Waals surface area contributed by atoms with Crippen molar-refractivity contribution in [3.63, 3.8) is 0 Å². The molecule has 0 bridgehead atoms. The number of nitrogens with two attached hydrogens (primary N) is 1. The summed E-state index contributed by atoms with van der Waals surface area (Å²) >= 11 is 0. The SMILES string of the molecule is NC(=O)Cc1ccccc1SSc1ccccc1. The fraction of sp³-hybridized carbons (Fsp3) is 0.0714. The van der Waals surface area contributed by atoms with Crippen LogP contribution < -0.4 is 5.73 Å². The van der Waals surface area contributed by atoms with E-state index in [4.69, 9.17) is 5.73 Å². The Balaban J connectivity index is 2.07. The first-order chi connectivity index (χ1) is 8.75. The largest absolute Gasteiger partial charge is 0.369 e. The van der Waals surface area contributed by atoms with E-state index in [1.165, 1.54) is 4.90 Å². The molecule has 18 heavy (non-hydrogen) atoms. The first-order valence-electron chi connectivity index (χ1n) is 5.51. The summed E-state index contributed by atoms with van der Waals surface area (Å²) in [7, 11) is 3.33. The molecule has 0 heterocycles. The average molecular weight is 275 g/mol. The standard InChI is InChI=1S/C14H13NOS2/c15-14(16)10-11-6-4-5-9-13(11)18-17-12-7-2-1-3-8-12/h1-9H,10H2,(H2,15,16). The van der Waals surface area contributed by atoms with Crippen molar-refractivity contribution in [2.45, 2.75) is 16.2 Å². The molecular formula is C14H13NOS2.